The van der Waals surface area contributed by atoms with Crippen molar-refractivity contribution in [1.29, 1.82) is 0 Å². The second-order valence-electron chi connectivity index (χ2n) is 14.0. The number of ketones is 1. The van der Waals surface area contributed by atoms with Gasteiger partial charge >= 0.3 is 5.97 Å². The predicted molar refractivity (Wildman–Crippen MR) is 188 cm³/mol. The number of esters is 1. The summed E-state index contributed by atoms with van der Waals surface area (Å²) in [6, 6.07) is 3.85. The highest BCUT2D eigenvalue weighted by molar-refractivity contribution is 7.14. The molecule has 13 heteroatoms. The number of nitrogens with two attached hydrogens (primary N) is 1. The summed E-state index contributed by atoms with van der Waals surface area (Å²) in [4.78, 5) is 51.8. The van der Waals surface area contributed by atoms with E-state index in [1.54, 1.807) is 18.2 Å². The third-order valence-corrected chi connectivity index (χ3v) is 10.3. The Hall–Kier alpha value is -3.74. The number of fused-ring (bicyclic) bond motifs is 1. The number of likely N-dealkylation sites (tertiary alicyclic amines) is 1. The Morgan fingerprint density at radius 2 is 1.94 bits per heavy atom. The molecule has 3 heterocycles. The lowest BCUT2D eigenvalue weighted by atomic mass is 9.86. The van der Waals surface area contributed by atoms with Crippen LogP contribution < -0.4 is 20.5 Å². The summed E-state index contributed by atoms with van der Waals surface area (Å²) in [7, 11) is 2.85. The number of ether oxygens (including phenoxy) is 3. The molecule has 1 aliphatic carbocycles. The van der Waals surface area contributed by atoms with E-state index in [1.807, 2.05) is 46.1 Å². The Bertz CT molecular complexity index is 1740. The molecule has 2 aromatic heterocycles. The zero-order valence-corrected chi connectivity index (χ0v) is 30.0. The lowest BCUT2D eigenvalue weighted by Gasteiger charge is -2.32. The Kier molecular flexibility index (Phi) is 10.1. The van der Waals surface area contributed by atoms with E-state index >= 15 is 0 Å². The number of thiazole rings is 1. The molecule has 258 valence electrons. The summed E-state index contributed by atoms with van der Waals surface area (Å²) in [5.74, 6) is -0.295. The number of allylic oxidation sites excluding steroid dienone is 1. The number of nitrogens with zero attached hydrogens (tertiary/aromatic N) is 3. The molecular formula is C35H44ClN5O6S. The fourth-order valence-corrected chi connectivity index (χ4v) is 7.38. The van der Waals surface area contributed by atoms with Crippen molar-refractivity contribution < 1.29 is 28.6 Å². The Balaban J connectivity index is 1.51. The van der Waals surface area contributed by atoms with E-state index < -0.39 is 35.0 Å². The third kappa shape index (κ3) is 6.88. The smallest absolute Gasteiger partial charge is 0.312 e. The molecule has 5 atom stereocenters. The average Bonchev–Trinajstić information content (AvgIpc) is 3.32. The fraction of sp³-hybridized carbons (Fsp3) is 0.514. The minimum absolute atomic E-state index is 0.0728. The molecule has 48 heavy (non-hydrogen) atoms. The van der Waals surface area contributed by atoms with Crippen LogP contribution in [0.15, 0.2) is 36.2 Å². The number of hydrogen-bond donors (Lipinski definition) is 2. The molecule has 5 rings (SSSR count). The molecule has 0 radical (unpaired) electrons. The molecule has 1 amide bonds. The molecule has 0 spiro atoms. The van der Waals surface area contributed by atoms with Gasteiger partial charge in [0.2, 0.25) is 5.91 Å². The van der Waals surface area contributed by atoms with E-state index in [4.69, 9.17) is 41.5 Å². The Morgan fingerprint density at radius 1 is 1.21 bits per heavy atom. The van der Waals surface area contributed by atoms with Crippen molar-refractivity contribution in [2.45, 2.75) is 78.1 Å². The van der Waals surface area contributed by atoms with Gasteiger partial charge in [0, 0.05) is 35.7 Å². The molecule has 1 saturated carbocycles. The van der Waals surface area contributed by atoms with Crippen molar-refractivity contribution in [3.63, 3.8) is 0 Å². The highest BCUT2D eigenvalue weighted by Crippen LogP contribution is 2.57. The van der Waals surface area contributed by atoms with E-state index in [-0.39, 0.29) is 43.0 Å². The standard InChI is InChI=1S/C35H44ClN5O6S/c1-9-19-14-35(19,32(44)46-8)15-25(42)24-12-20(16-41(24)31(43)30(37)34(4,5)6)47-27-13-22(23-17-48-33(40-23)38-18(2)3)39-29-21(27)10-11-26(45-7)28(29)36/h9-11,13,17-20,24,30H,1,12,14-16,37H2,2-8H3,(H,38,40)/t19-,20-,24+,30-,35-/m1/s1. The van der Waals surface area contributed by atoms with E-state index in [0.717, 1.165) is 5.13 Å². The first-order valence-electron chi connectivity index (χ1n) is 16.0. The number of Topliss-reactive ketones (excluding diaryl/α,β-unsaturated/α-hetero) is 1. The van der Waals surface area contributed by atoms with Gasteiger partial charge in [-0.2, -0.15) is 0 Å². The number of carbonyl (C=O) groups is 3. The molecule has 1 aliphatic heterocycles. The van der Waals surface area contributed by atoms with Crippen molar-refractivity contribution in [2.75, 3.05) is 26.1 Å². The number of methoxy groups -OCH3 is 2. The number of nitrogens with one attached hydrogen (secondary N) is 1. The third-order valence-electron chi connectivity index (χ3n) is 9.16. The van der Waals surface area contributed by atoms with Crippen LogP contribution >= 0.6 is 22.9 Å². The number of rotatable bonds is 12. The number of hydrogen-bond acceptors (Lipinski definition) is 11. The van der Waals surface area contributed by atoms with Crippen LogP contribution in [0, 0.1) is 16.7 Å². The molecule has 3 N–H and O–H groups in total. The predicted octanol–water partition coefficient (Wildman–Crippen LogP) is 5.89. The first-order chi connectivity index (χ1) is 22.6. The Labute approximate surface area is 290 Å². The van der Waals surface area contributed by atoms with E-state index in [9.17, 15) is 14.4 Å². The van der Waals surface area contributed by atoms with Crippen molar-refractivity contribution in [2.24, 2.45) is 22.5 Å². The summed E-state index contributed by atoms with van der Waals surface area (Å²) in [6.45, 7) is 13.7. The summed E-state index contributed by atoms with van der Waals surface area (Å²) in [6.07, 6.45) is 1.71. The van der Waals surface area contributed by atoms with Crippen molar-refractivity contribution in [3.8, 4) is 22.9 Å². The fourth-order valence-electron chi connectivity index (χ4n) is 6.24. The van der Waals surface area contributed by atoms with Crippen LogP contribution in [0.5, 0.6) is 11.5 Å². The lowest BCUT2D eigenvalue weighted by Crippen LogP contribution is -2.53. The second kappa shape index (κ2) is 13.6. The van der Waals surface area contributed by atoms with Gasteiger partial charge in [0.05, 0.1) is 49.5 Å². The van der Waals surface area contributed by atoms with E-state index in [2.05, 4.69) is 11.9 Å². The van der Waals surface area contributed by atoms with Gasteiger partial charge in [0.1, 0.15) is 28.3 Å². The zero-order valence-electron chi connectivity index (χ0n) is 28.5. The molecule has 0 bridgehead atoms. The first kappa shape index (κ1) is 35.6. The maximum atomic E-state index is 14.0. The van der Waals surface area contributed by atoms with Gasteiger partial charge in [-0.25, -0.2) is 9.97 Å². The zero-order chi connectivity index (χ0) is 35.1. The van der Waals surface area contributed by atoms with Gasteiger partial charge in [-0.05, 0) is 43.7 Å². The number of benzene rings is 1. The van der Waals surface area contributed by atoms with Crippen LogP contribution in [0.2, 0.25) is 5.02 Å². The maximum Gasteiger partial charge on any atom is 0.312 e. The van der Waals surface area contributed by atoms with Crippen LogP contribution in [0.25, 0.3) is 22.3 Å². The number of amides is 1. The van der Waals surface area contributed by atoms with Crippen molar-refractivity contribution in [1.82, 2.24) is 14.9 Å². The topological polar surface area (TPSA) is 146 Å². The van der Waals surface area contributed by atoms with Crippen LogP contribution in [0.1, 0.15) is 53.9 Å². The number of carbonyl (C=O) groups excluding carboxylic acids is 3. The second-order valence-corrected chi connectivity index (χ2v) is 15.2. The first-order valence-corrected chi connectivity index (χ1v) is 17.2. The molecule has 2 aliphatic rings. The lowest BCUT2D eigenvalue weighted by molar-refractivity contribution is -0.150. The molecule has 0 unspecified atom stereocenters. The minimum atomic E-state index is -0.976. The van der Waals surface area contributed by atoms with Crippen molar-refractivity contribution in [3.05, 3.63) is 41.3 Å². The van der Waals surface area contributed by atoms with E-state index in [0.29, 0.717) is 45.2 Å². The highest BCUT2D eigenvalue weighted by Gasteiger charge is 2.61. The van der Waals surface area contributed by atoms with Gasteiger partial charge < -0.3 is 30.2 Å². The van der Waals surface area contributed by atoms with E-state index in [1.165, 1.54) is 30.5 Å². The molecule has 3 aromatic rings. The van der Waals surface area contributed by atoms with Gasteiger partial charge in [0.25, 0.3) is 0 Å². The monoisotopic (exact) mass is 697 g/mol. The van der Waals surface area contributed by atoms with Gasteiger partial charge in [-0.1, -0.05) is 38.4 Å². The summed E-state index contributed by atoms with van der Waals surface area (Å²) >= 11 is 8.23. The minimum Gasteiger partial charge on any atom is -0.495 e. The average molecular weight is 698 g/mol. The van der Waals surface area contributed by atoms with Crippen LogP contribution in [0.3, 0.4) is 0 Å². The molecule has 11 nitrogen and oxygen atoms in total. The van der Waals surface area contributed by atoms with Gasteiger partial charge in [0.15, 0.2) is 10.9 Å². The van der Waals surface area contributed by atoms with Gasteiger partial charge in [-0.3, -0.25) is 14.4 Å². The number of aromatic nitrogens is 2. The largest absolute Gasteiger partial charge is 0.495 e. The van der Waals surface area contributed by atoms with Crippen LogP contribution in [-0.2, 0) is 19.1 Å². The number of halogens is 1. The summed E-state index contributed by atoms with van der Waals surface area (Å²) in [5, 5.41) is 6.92. The quantitative estimate of drug-likeness (QED) is 0.174. The SMILES string of the molecule is C=C[C@@H]1C[C@]1(CC(=O)[C@@H]1C[C@@H](Oc2cc(-c3csc(NC(C)C)n3)nc3c(Cl)c(OC)ccc23)CN1C(=O)[C@@H](N)C(C)(C)C)C(=O)OC. The highest BCUT2D eigenvalue weighted by atomic mass is 35.5. The maximum absolute atomic E-state index is 14.0. The summed E-state index contributed by atoms with van der Waals surface area (Å²) < 4.78 is 17.2. The number of anilines is 1. The Morgan fingerprint density at radius 3 is 2.54 bits per heavy atom. The van der Waals surface area contributed by atoms with Crippen LogP contribution in [0.4, 0.5) is 5.13 Å². The summed E-state index contributed by atoms with van der Waals surface area (Å²) in [5.41, 5.74) is 6.56. The van der Waals surface area contributed by atoms with Crippen LogP contribution in [-0.4, -0.2) is 77.5 Å². The molecule has 1 saturated heterocycles. The van der Waals surface area contributed by atoms with Gasteiger partial charge in [-0.15, -0.1) is 17.9 Å². The molecular weight excluding hydrogens is 654 g/mol. The van der Waals surface area contributed by atoms with Crippen molar-refractivity contribution >= 4 is 56.6 Å². The number of pyridine rings is 1. The molecule has 1 aromatic carbocycles. The molecule has 2 fully saturated rings. The normalized spacial score (nSPS) is 22.8.